The van der Waals surface area contributed by atoms with Crippen LogP contribution in [0.3, 0.4) is 0 Å². The Morgan fingerprint density at radius 3 is 2.91 bits per heavy atom. The van der Waals surface area contributed by atoms with Crippen molar-refractivity contribution in [3.8, 4) is 0 Å². The maximum absolute atomic E-state index is 12.3. The van der Waals surface area contributed by atoms with Crippen LogP contribution < -0.4 is 16.4 Å². The Bertz CT molecular complexity index is 493. The van der Waals surface area contributed by atoms with Crippen molar-refractivity contribution < 1.29 is 4.79 Å². The minimum absolute atomic E-state index is 0.108. The number of hydrogen-bond donors (Lipinski definition) is 3. The number of nitrogens with two attached hydrogens (primary N) is 1. The SMILES string of the molecule is N[C@H]1CN[C@H](C(=O)N[C@H]2CCCN(Cc3ccccc3)C2)C1. The molecule has 5 nitrogen and oxygen atoms in total. The van der Waals surface area contributed by atoms with Crippen molar-refractivity contribution in [2.24, 2.45) is 5.73 Å². The number of nitrogens with zero attached hydrogens (tertiary/aromatic N) is 1. The predicted octanol–water partition coefficient (Wildman–Crippen LogP) is 0.456. The molecule has 2 heterocycles. The van der Waals surface area contributed by atoms with Gasteiger partial charge in [-0.3, -0.25) is 9.69 Å². The predicted molar refractivity (Wildman–Crippen MR) is 87.3 cm³/mol. The molecule has 22 heavy (non-hydrogen) atoms. The first kappa shape index (κ1) is 15.5. The lowest BCUT2D eigenvalue weighted by Crippen LogP contribution is -2.51. The first-order valence-corrected chi connectivity index (χ1v) is 8.26. The molecule has 1 aromatic rings. The molecule has 3 rings (SSSR count). The zero-order chi connectivity index (χ0) is 15.4. The first-order valence-electron chi connectivity index (χ1n) is 8.26. The molecule has 1 aromatic carbocycles. The summed E-state index contributed by atoms with van der Waals surface area (Å²) in [6, 6.07) is 10.8. The van der Waals surface area contributed by atoms with E-state index in [-0.39, 0.29) is 24.0 Å². The highest BCUT2D eigenvalue weighted by Crippen LogP contribution is 2.14. The lowest BCUT2D eigenvalue weighted by Gasteiger charge is -2.33. The van der Waals surface area contributed by atoms with Crippen molar-refractivity contribution in [1.29, 1.82) is 0 Å². The third-order valence-electron chi connectivity index (χ3n) is 4.58. The highest BCUT2D eigenvalue weighted by molar-refractivity contribution is 5.82. The van der Waals surface area contributed by atoms with Crippen molar-refractivity contribution in [3.63, 3.8) is 0 Å². The molecule has 0 spiro atoms. The van der Waals surface area contributed by atoms with Gasteiger partial charge in [0.1, 0.15) is 0 Å². The van der Waals surface area contributed by atoms with Gasteiger partial charge in [0.25, 0.3) is 0 Å². The van der Waals surface area contributed by atoms with Gasteiger partial charge in [-0.1, -0.05) is 30.3 Å². The summed E-state index contributed by atoms with van der Waals surface area (Å²) in [5, 5.41) is 6.39. The van der Waals surface area contributed by atoms with Crippen LogP contribution in [0.25, 0.3) is 0 Å². The van der Waals surface area contributed by atoms with Gasteiger partial charge in [-0.15, -0.1) is 0 Å². The minimum Gasteiger partial charge on any atom is -0.351 e. The second-order valence-corrected chi connectivity index (χ2v) is 6.53. The number of nitrogens with one attached hydrogen (secondary N) is 2. The summed E-state index contributed by atoms with van der Waals surface area (Å²) in [6.45, 7) is 3.73. The molecule has 0 radical (unpaired) electrons. The molecule has 3 atom stereocenters. The molecule has 0 aromatic heterocycles. The van der Waals surface area contributed by atoms with E-state index in [0.717, 1.165) is 45.4 Å². The molecule has 0 bridgehead atoms. The average Bonchev–Trinajstić information content (AvgIpc) is 2.95. The third kappa shape index (κ3) is 4.06. The number of benzene rings is 1. The van der Waals surface area contributed by atoms with E-state index in [0.29, 0.717) is 0 Å². The van der Waals surface area contributed by atoms with Crippen LogP contribution in [-0.4, -0.2) is 48.6 Å². The third-order valence-corrected chi connectivity index (χ3v) is 4.58. The smallest absolute Gasteiger partial charge is 0.237 e. The number of carbonyl (C=O) groups excluding carboxylic acids is 1. The number of likely N-dealkylation sites (tertiary alicyclic amines) is 1. The minimum atomic E-state index is -0.112. The Labute approximate surface area is 132 Å². The van der Waals surface area contributed by atoms with Crippen LogP contribution in [0.2, 0.25) is 0 Å². The van der Waals surface area contributed by atoms with E-state index >= 15 is 0 Å². The van der Waals surface area contributed by atoms with Crippen LogP contribution in [0, 0.1) is 0 Å². The zero-order valence-corrected chi connectivity index (χ0v) is 13.0. The fourth-order valence-corrected chi connectivity index (χ4v) is 3.42. The summed E-state index contributed by atoms with van der Waals surface area (Å²) < 4.78 is 0. The van der Waals surface area contributed by atoms with Gasteiger partial charge in [-0.05, 0) is 31.4 Å². The Balaban J connectivity index is 1.49. The Morgan fingerprint density at radius 1 is 1.36 bits per heavy atom. The number of amides is 1. The number of piperidine rings is 1. The normalized spacial score (nSPS) is 29.4. The average molecular weight is 302 g/mol. The number of rotatable bonds is 4. The lowest BCUT2D eigenvalue weighted by molar-refractivity contribution is -0.123. The molecule has 2 aliphatic heterocycles. The van der Waals surface area contributed by atoms with Gasteiger partial charge < -0.3 is 16.4 Å². The van der Waals surface area contributed by atoms with Crippen molar-refractivity contribution >= 4 is 5.91 Å². The second-order valence-electron chi connectivity index (χ2n) is 6.53. The van der Waals surface area contributed by atoms with Crippen LogP contribution in [-0.2, 0) is 11.3 Å². The monoisotopic (exact) mass is 302 g/mol. The van der Waals surface area contributed by atoms with Crippen LogP contribution >= 0.6 is 0 Å². The molecule has 2 saturated heterocycles. The lowest BCUT2D eigenvalue weighted by atomic mass is 10.0. The maximum atomic E-state index is 12.3. The largest absolute Gasteiger partial charge is 0.351 e. The van der Waals surface area contributed by atoms with Crippen LogP contribution in [0.4, 0.5) is 0 Å². The van der Waals surface area contributed by atoms with Gasteiger partial charge in [-0.25, -0.2) is 0 Å². The van der Waals surface area contributed by atoms with Gasteiger partial charge in [-0.2, -0.15) is 0 Å². The van der Waals surface area contributed by atoms with Crippen molar-refractivity contribution in [2.75, 3.05) is 19.6 Å². The fourth-order valence-electron chi connectivity index (χ4n) is 3.42. The van der Waals surface area contributed by atoms with Crippen LogP contribution in [0.15, 0.2) is 30.3 Å². The standard InChI is InChI=1S/C17H26N4O/c18-14-9-16(19-10-14)17(22)20-15-7-4-8-21(12-15)11-13-5-2-1-3-6-13/h1-3,5-6,14-16,19H,4,7-12,18H2,(H,20,22)/t14-,15+,16+/m1/s1. The Hall–Kier alpha value is -1.43. The molecule has 2 fully saturated rings. The molecular weight excluding hydrogens is 276 g/mol. The summed E-state index contributed by atoms with van der Waals surface area (Å²) in [7, 11) is 0. The molecular formula is C17H26N4O. The van der Waals surface area contributed by atoms with Gasteiger partial charge in [0.15, 0.2) is 0 Å². The Kier molecular flexibility index (Phi) is 5.08. The molecule has 5 heteroatoms. The summed E-state index contributed by atoms with van der Waals surface area (Å²) in [5.41, 5.74) is 7.18. The molecule has 0 saturated carbocycles. The molecule has 2 aliphatic rings. The van der Waals surface area contributed by atoms with Crippen molar-refractivity contribution in [2.45, 2.75) is 43.9 Å². The molecule has 120 valence electrons. The number of hydrogen-bond acceptors (Lipinski definition) is 4. The van der Waals surface area contributed by atoms with Crippen LogP contribution in [0.1, 0.15) is 24.8 Å². The summed E-state index contributed by atoms with van der Waals surface area (Å²) in [5.74, 6) is 0.111. The molecule has 0 unspecified atom stereocenters. The summed E-state index contributed by atoms with van der Waals surface area (Å²) in [4.78, 5) is 14.7. The highest BCUT2D eigenvalue weighted by Gasteiger charge is 2.29. The molecule has 1 amide bonds. The van der Waals surface area contributed by atoms with E-state index in [4.69, 9.17) is 5.73 Å². The topological polar surface area (TPSA) is 70.4 Å². The van der Waals surface area contributed by atoms with E-state index in [2.05, 4.69) is 39.8 Å². The van der Waals surface area contributed by atoms with E-state index in [1.807, 2.05) is 6.07 Å². The zero-order valence-electron chi connectivity index (χ0n) is 13.0. The van der Waals surface area contributed by atoms with Gasteiger partial charge in [0.05, 0.1) is 6.04 Å². The molecule has 4 N–H and O–H groups in total. The van der Waals surface area contributed by atoms with E-state index in [9.17, 15) is 4.79 Å². The Morgan fingerprint density at radius 2 is 2.18 bits per heavy atom. The van der Waals surface area contributed by atoms with Gasteiger partial charge >= 0.3 is 0 Å². The van der Waals surface area contributed by atoms with Crippen molar-refractivity contribution in [3.05, 3.63) is 35.9 Å². The van der Waals surface area contributed by atoms with Crippen LogP contribution in [0.5, 0.6) is 0 Å². The second kappa shape index (κ2) is 7.22. The van der Waals surface area contributed by atoms with E-state index < -0.39 is 0 Å². The molecule has 0 aliphatic carbocycles. The number of carbonyl (C=O) groups is 1. The fraction of sp³-hybridized carbons (Fsp3) is 0.588. The van der Waals surface area contributed by atoms with E-state index in [1.54, 1.807) is 0 Å². The summed E-state index contributed by atoms with van der Waals surface area (Å²) in [6.07, 6.45) is 2.94. The maximum Gasteiger partial charge on any atom is 0.237 e. The van der Waals surface area contributed by atoms with Gasteiger partial charge in [0.2, 0.25) is 5.91 Å². The first-order chi connectivity index (χ1) is 10.7. The highest BCUT2D eigenvalue weighted by atomic mass is 16.2. The summed E-state index contributed by atoms with van der Waals surface area (Å²) >= 11 is 0. The van der Waals surface area contributed by atoms with E-state index in [1.165, 1.54) is 5.56 Å². The quantitative estimate of drug-likeness (QED) is 0.755. The van der Waals surface area contributed by atoms with Gasteiger partial charge in [0, 0.05) is 31.7 Å². The van der Waals surface area contributed by atoms with Crippen molar-refractivity contribution in [1.82, 2.24) is 15.5 Å².